The molecule has 0 aliphatic carbocycles. The lowest BCUT2D eigenvalue weighted by molar-refractivity contribution is 0.0958. The summed E-state index contributed by atoms with van der Waals surface area (Å²) in [4.78, 5) is 13.1. The molecule has 0 unspecified atom stereocenters. The molecule has 0 bridgehead atoms. The van der Waals surface area contributed by atoms with Crippen molar-refractivity contribution in [2.45, 2.75) is 6.42 Å². The summed E-state index contributed by atoms with van der Waals surface area (Å²) in [5, 5.41) is 4.93. The summed E-state index contributed by atoms with van der Waals surface area (Å²) in [6.07, 6.45) is 4.67. The van der Waals surface area contributed by atoms with Crippen LogP contribution in [0.4, 0.5) is 0 Å². The number of hydrogen-bond acceptors (Lipinski definition) is 3. The smallest absolute Gasteiger partial charge is 0.263 e. The summed E-state index contributed by atoms with van der Waals surface area (Å²) in [5.74, 6) is 0.810. The number of carbonyl (C=O) groups is 1. The van der Waals surface area contributed by atoms with Crippen LogP contribution >= 0.6 is 11.3 Å². The number of carbonyl (C=O) groups excluding carboxylic acids is 1. The van der Waals surface area contributed by atoms with E-state index >= 15 is 0 Å². The molecule has 0 radical (unpaired) electrons. The number of rotatable bonds is 6. The van der Waals surface area contributed by atoms with Gasteiger partial charge < -0.3 is 14.6 Å². The number of amides is 1. The van der Waals surface area contributed by atoms with Gasteiger partial charge in [0.05, 0.1) is 12.8 Å². The molecule has 5 heteroatoms. The molecule has 3 aromatic rings. The summed E-state index contributed by atoms with van der Waals surface area (Å²) < 4.78 is 7.09. The third-order valence-corrected chi connectivity index (χ3v) is 4.49. The molecule has 1 amide bonds. The average molecular weight is 326 g/mol. The Balaban J connectivity index is 1.58. The van der Waals surface area contributed by atoms with E-state index in [4.69, 9.17) is 4.74 Å². The average Bonchev–Trinajstić information content (AvgIpc) is 3.26. The lowest BCUT2D eigenvalue weighted by Crippen LogP contribution is -2.25. The van der Waals surface area contributed by atoms with E-state index in [9.17, 15) is 4.79 Å². The van der Waals surface area contributed by atoms with E-state index < -0.39 is 0 Å². The predicted octanol–water partition coefficient (Wildman–Crippen LogP) is 3.52. The Hall–Kier alpha value is -2.53. The molecule has 0 fully saturated rings. The molecule has 0 saturated heterocycles. The Morgan fingerprint density at radius 3 is 2.61 bits per heavy atom. The van der Waals surface area contributed by atoms with Crippen molar-refractivity contribution in [1.82, 2.24) is 9.88 Å². The quantitative estimate of drug-likeness (QED) is 0.753. The molecule has 23 heavy (non-hydrogen) atoms. The van der Waals surface area contributed by atoms with E-state index in [0.29, 0.717) is 6.54 Å². The van der Waals surface area contributed by atoms with Crippen LogP contribution in [0, 0.1) is 0 Å². The normalized spacial score (nSPS) is 10.5. The van der Waals surface area contributed by atoms with Gasteiger partial charge in [0.25, 0.3) is 5.91 Å². The van der Waals surface area contributed by atoms with E-state index in [2.05, 4.69) is 5.32 Å². The number of nitrogens with zero attached hydrogens (tertiary/aromatic N) is 1. The largest absolute Gasteiger partial charge is 0.497 e. The van der Waals surface area contributed by atoms with Gasteiger partial charge in [0.2, 0.25) is 0 Å². The number of methoxy groups -OCH3 is 1. The zero-order valence-electron chi connectivity index (χ0n) is 12.9. The molecule has 0 aliphatic rings. The van der Waals surface area contributed by atoms with Crippen LogP contribution in [0.3, 0.4) is 0 Å². The first kappa shape index (κ1) is 15.4. The molecule has 2 aromatic heterocycles. The maximum Gasteiger partial charge on any atom is 0.263 e. The Bertz CT molecular complexity index is 761. The van der Waals surface area contributed by atoms with Crippen LogP contribution in [0.2, 0.25) is 0 Å². The molecule has 4 nitrogen and oxygen atoms in total. The molecule has 1 aromatic carbocycles. The van der Waals surface area contributed by atoms with E-state index in [-0.39, 0.29) is 5.91 Å². The maximum atomic E-state index is 12.4. The Kier molecular flexibility index (Phi) is 4.78. The Morgan fingerprint density at radius 1 is 1.17 bits per heavy atom. The highest BCUT2D eigenvalue weighted by Crippen LogP contribution is 2.21. The fraction of sp³-hybridized carbons (Fsp3) is 0.167. The summed E-state index contributed by atoms with van der Waals surface area (Å²) in [6.45, 7) is 0.605. The van der Waals surface area contributed by atoms with Crippen LogP contribution in [0.5, 0.6) is 5.75 Å². The standard InChI is InChI=1S/C18H18N2O2S/c1-22-15-6-4-14(5-7-15)8-10-19-18(21)17-16(9-13-23-17)20-11-2-3-12-20/h2-7,9,11-13H,8,10H2,1H3,(H,19,21). The second-order valence-electron chi connectivity index (χ2n) is 5.08. The third-order valence-electron chi connectivity index (χ3n) is 3.59. The highest BCUT2D eigenvalue weighted by atomic mass is 32.1. The summed E-state index contributed by atoms with van der Waals surface area (Å²) >= 11 is 1.46. The van der Waals surface area contributed by atoms with Crippen molar-refractivity contribution in [2.24, 2.45) is 0 Å². The number of hydrogen-bond donors (Lipinski definition) is 1. The van der Waals surface area contributed by atoms with Crippen molar-refractivity contribution in [1.29, 1.82) is 0 Å². The molecule has 0 spiro atoms. The summed E-state index contributed by atoms with van der Waals surface area (Å²) in [5.41, 5.74) is 2.09. The topological polar surface area (TPSA) is 43.3 Å². The Labute approximate surface area is 139 Å². The fourth-order valence-corrected chi connectivity index (χ4v) is 3.17. The van der Waals surface area contributed by atoms with Gasteiger partial charge in [0.1, 0.15) is 10.6 Å². The van der Waals surface area contributed by atoms with Crippen LogP contribution < -0.4 is 10.1 Å². The van der Waals surface area contributed by atoms with E-state index in [0.717, 1.165) is 22.7 Å². The first-order chi connectivity index (χ1) is 11.3. The third kappa shape index (κ3) is 3.63. The maximum absolute atomic E-state index is 12.4. The van der Waals surface area contributed by atoms with Crippen LogP contribution in [-0.4, -0.2) is 24.1 Å². The van der Waals surface area contributed by atoms with Gasteiger partial charge in [-0.3, -0.25) is 4.79 Å². The van der Waals surface area contributed by atoms with Crippen molar-refractivity contribution in [2.75, 3.05) is 13.7 Å². The van der Waals surface area contributed by atoms with E-state index in [1.165, 1.54) is 16.9 Å². The minimum Gasteiger partial charge on any atom is -0.497 e. The second-order valence-corrected chi connectivity index (χ2v) is 6.00. The molecule has 0 atom stereocenters. The van der Waals surface area contributed by atoms with Crippen molar-refractivity contribution >= 4 is 17.2 Å². The molecular formula is C18H18N2O2S. The number of ether oxygens (including phenoxy) is 1. The first-order valence-corrected chi connectivity index (χ1v) is 8.28. The summed E-state index contributed by atoms with van der Waals surface area (Å²) in [7, 11) is 1.65. The van der Waals surface area contributed by atoms with Crippen molar-refractivity contribution in [3.05, 3.63) is 70.7 Å². The van der Waals surface area contributed by atoms with Crippen molar-refractivity contribution in [3.63, 3.8) is 0 Å². The van der Waals surface area contributed by atoms with Gasteiger partial charge in [-0.1, -0.05) is 12.1 Å². The minimum absolute atomic E-state index is 0.0304. The van der Waals surface area contributed by atoms with Crippen LogP contribution in [-0.2, 0) is 6.42 Å². The first-order valence-electron chi connectivity index (χ1n) is 7.40. The molecule has 118 valence electrons. The lowest BCUT2D eigenvalue weighted by Gasteiger charge is -2.07. The number of thiophene rings is 1. The monoisotopic (exact) mass is 326 g/mol. The van der Waals surface area contributed by atoms with E-state index in [1.807, 2.05) is 64.8 Å². The number of aromatic nitrogens is 1. The van der Waals surface area contributed by atoms with Gasteiger partial charge in [-0.25, -0.2) is 0 Å². The zero-order valence-corrected chi connectivity index (χ0v) is 13.7. The van der Waals surface area contributed by atoms with Gasteiger partial charge in [0.15, 0.2) is 0 Å². The highest BCUT2D eigenvalue weighted by molar-refractivity contribution is 7.12. The zero-order chi connectivity index (χ0) is 16.1. The minimum atomic E-state index is -0.0304. The molecule has 0 aliphatic heterocycles. The predicted molar refractivity (Wildman–Crippen MR) is 92.7 cm³/mol. The SMILES string of the molecule is COc1ccc(CCNC(=O)c2sccc2-n2cccc2)cc1. The van der Waals surface area contributed by atoms with Crippen LogP contribution in [0.15, 0.2) is 60.2 Å². The van der Waals surface area contributed by atoms with Gasteiger partial charge in [-0.2, -0.15) is 0 Å². The molecule has 0 saturated carbocycles. The van der Waals surface area contributed by atoms with Crippen molar-refractivity contribution < 1.29 is 9.53 Å². The number of benzene rings is 1. The highest BCUT2D eigenvalue weighted by Gasteiger charge is 2.13. The second kappa shape index (κ2) is 7.15. The molecule has 1 N–H and O–H groups in total. The Morgan fingerprint density at radius 2 is 1.91 bits per heavy atom. The lowest BCUT2D eigenvalue weighted by atomic mass is 10.1. The van der Waals surface area contributed by atoms with Crippen molar-refractivity contribution in [3.8, 4) is 11.4 Å². The van der Waals surface area contributed by atoms with Gasteiger partial charge in [-0.15, -0.1) is 11.3 Å². The molecule has 2 heterocycles. The molecular weight excluding hydrogens is 308 g/mol. The fourth-order valence-electron chi connectivity index (χ4n) is 2.36. The van der Waals surface area contributed by atoms with Gasteiger partial charge in [0, 0.05) is 18.9 Å². The molecule has 3 rings (SSSR count). The van der Waals surface area contributed by atoms with Gasteiger partial charge >= 0.3 is 0 Å². The van der Waals surface area contributed by atoms with Crippen LogP contribution in [0.25, 0.3) is 5.69 Å². The van der Waals surface area contributed by atoms with E-state index in [1.54, 1.807) is 7.11 Å². The number of nitrogens with one attached hydrogen (secondary N) is 1. The van der Waals surface area contributed by atoms with Crippen LogP contribution in [0.1, 0.15) is 15.2 Å². The summed E-state index contributed by atoms with van der Waals surface area (Å²) in [6, 6.07) is 13.7. The van der Waals surface area contributed by atoms with Gasteiger partial charge in [-0.05, 0) is 47.7 Å².